The average Bonchev–Trinajstić information content (AvgIpc) is 2.55. The molecule has 100 valence electrons. The minimum absolute atomic E-state index is 0.399. The third-order valence-corrected chi connectivity index (χ3v) is 3.19. The van der Waals surface area contributed by atoms with E-state index in [4.69, 9.17) is 0 Å². The maximum Gasteiger partial charge on any atom is 0.134 e. The molecule has 0 saturated carbocycles. The Morgan fingerprint density at radius 2 is 1.78 bits per heavy atom. The van der Waals surface area contributed by atoms with Crippen molar-refractivity contribution in [3.8, 4) is 0 Å². The van der Waals surface area contributed by atoms with Gasteiger partial charge in [0.2, 0.25) is 0 Å². The second kappa shape index (κ2) is 6.03. The fourth-order valence-electron chi connectivity index (χ4n) is 2.38. The summed E-state index contributed by atoms with van der Waals surface area (Å²) in [6, 6.07) is 2.48. The van der Waals surface area contributed by atoms with Crippen LogP contribution >= 0.6 is 0 Å². The fourth-order valence-corrected chi connectivity index (χ4v) is 2.38. The zero-order valence-electron chi connectivity index (χ0n) is 11.7. The van der Waals surface area contributed by atoms with Gasteiger partial charge in [0.05, 0.1) is 0 Å². The number of anilines is 2. The lowest BCUT2D eigenvalue weighted by molar-refractivity contribution is 0.726. The molecular formula is C14H24N4. The van der Waals surface area contributed by atoms with Crippen LogP contribution in [0.2, 0.25) is 0 Å². The maximum absolute atomic E-state index is 4.58. The lowest BCUT2D eigenvalue weighted by Gasteiger charge is -2.22. The molecule has 1 fully saturated rings. The molecule has 4 heteroatoms. The molecule has 0 aliphatic carbocycles. The van der Waals surface area contributed by atoms with Crippen molar-refractivity contribution in [3.63, 3.8) is 0 Å². The Labute approximate surface area is 110 Å². The van der Waals surface area contributed by atoms with Gasteiger partial charge >= 0.3 is 0 Å². The van der Waals surface area contributed by atoms with Crippen LogP contribution in [0, 0.1) is 6.92 Å². The van der Waals surface area contributed by atoms with Crippen LogP contribution in [0.3, 0.4) is 0 Å². The minimum Gasteiger partial charge on any atom is -0.368 e. The lowest BCUT2D eigenvalue weighted by Crippen LogP contribution is -2.25. The largest absolute Gasteiger partial charge is 0.368 e. The van der Waals surface area contributed by atoms with Gasteiger partial charge < -0.3 is 10.2 Å². The van der Waals surface area contributed by atoms with E-state index in [-0.39, 0.29) is 0 Å². The summed E-state index contributed by atoms with van der Waals surface area (Å²) in [5.41, 5.74) is 0. The van der Waals surface area contributed by atoms with Gasteiger partial charge in [-0.05, 0) is 33.6 Å². The molecule has 1 saturated heterocycles. The van der Waals surface area contributed by atoms with E-state index < -0.39 is 0 Å². The molecule has 4 nitrogen and oxygen atoms in total. The predicted molar refractivity (Wildman–Crippen MR) is 76.2 cm³/mol. The van der Waals surface area contributed by atoms with Crippen molar-refractivity contribution in [2.45, 2.75) is 52.5 Å². The van der Waals surface area contributed by atoms with Crippen LogP contribution in [0.1, 0.15) is 45.4 Å². The Hall–Kier alpha value is -1.32. The summed E-state index contributed by atoms with van der Waals surface area (Å²) in [5.74, 6) is 2.86. The van der Waals surface area contributed by atoms with Gasteiger partial charge in [0.1, 0.15) is 17.5 Å². The second-order valence-corrected chi connectivity index (χ2v) is 5.36. The number of hydrogen-bond donors (Lipinski definition) is 1. The fraction of sp³-hybridized carbons (Fsp3) is 0.714. The SMILES string of the molecule is Cc1nc(NC(C)C)cc(N2CCCCCC2)n1. The third kappa shape index (κ3) is 3.59. The quantitative estimate of drug-likeness (QED) is 0.893. The van der Waals surface area contributed by atoms with Gasteiger partial charge in [-0.15, -0.1) is 0 Å². The highest BCUT2D eigenvalue weighted by Gasteiger charge is 2.13. The molecule has 0 atom stereocenters. The topological polar surface area (TPSA) is 41.1 Å². The van der Waals surface area contributed by atoms with Gasteiger partial charge in [0, 0.05) is 25.2 Å². The zero-order valence-corrected chi connectivity index (χ0v) is 11.7. The summed E-state index contributed by atoms with van der Waals surface area (Å²) < 4.78 is 0. The summed E-state index contributed by atoms with van der Waals surface area (Å²) in [7, 11) is 0. The smallest absolute Gasteiger partial charge is 0.134 e. The Kier molecular flexibility index (Phi) is 4.39. The summed E-state index contributed by atoms with van der Waals surface area (Å²) >= 11 is 0. The van der Waals surface area contributed by atoms with Gasteiger partial charge in [0.15, 0.2) is 0 Å². The molecule has 0 bridgehead atoms. The monoisotopic (exact) mass is 248 g/mol. The Morgan fingerprint density at radius 1 is 1.11 bits per heavy atom. The van der Waals surface area contributed by atoms with Gasteiger partial charge in [-0.2, -0.15) is 0 Å². The maximum atomic E-state index is 4.58. The lowest BCUT2D eigenvalue weighted by atomic mass is 10.2. The van der Waals surface area contributed by atoms with Crippen molar-refractivity contribution in [1.29, 1.82) is 0 Å². The molecule has 0 unspecified atom stereocenters. The number of nitrogens with one attached hydrogen (secondary N) is 1. The second-order valence-electron chi connectivity index (χ2n) is 5.36. The molecule has 0 radical (unpaired) electrons. The molecule has 0 amide bonds. The van der Waals surface area contributed by atoms with E-state index >= 15 is 0 Å². The van der Waals surface area contributed by atoms with Crippen LogP contribution in [-0.4, -0.2) is 29.1 Å². The van der Waals surface area contributed by atoms with Crippen LogP contribution in [0.4, 0.5) is 11.6 Å². The standard InChI is InChI=1S/C14H24N4/c1-11(2)15-13-10-14(17-12(3)16-13)18-8-6-4-5-7-9-18/h10-11H,4-9H2,1-3H3,(H,15,16,17). The van der Waals surface area contributed by atoms with Crippen LogP contribution < -0.4 is 10.2 Å². The Morgan fingerprint density at radius 3 is 2.39 bits per heavy atom. The first kappa shape index (κ1) is 13.1. The van der Waals surface area contributed by atoms with Crippen LogP contribution in [0.25, 0.3) is 0 Å². The van der Waals surface area contributed by atoms with E-state index in [9.17, 15) is 0 Å². The first-order chi connectivity index (χ1) is 8.65. The van der Waals surface area contributed by atoms with Crippen molar-refractivity contribution in [1.82, 2.24) is 9.97 Å². The molecule has 1 aromatic rings. The van der Waals surface area contributed by atoms with E-state index in [1.807, 2.05) is 6.92 Å². The van der Waals surface area contributed by atoms with E-state index in [0.29, 0.717) is 6.04 Å². The molecular weight excluding hydrogens is 224 g/mol. The minimum atomic E-state index is 0.399. The highest BCUT2D eigenvalue weighted by atomic mass is 15.2. The van der Waals surface area contributed by atoms with Crippen LogP contribution in [0.15, 0.2) is 6.07 Å². The molecule has 18 heavy (non-hydrogen) atoms. The molecule has 1 aromatic heterocycles. The third-order valence-electron chi connectivity index (χ3n) is 3.19. The number of nitrogens with zero attached hydrogens (tertiary/aromatic N) is 3. The molecule has 1 aliphatic rings. The van der Waals surface area contributed by atoms with Gasteiger partial charge in [-0.1, -0.05) is 12.8 Å². The Bertz CT molecular complexity index is 381. The van der Waals surface area contributed by atoms with E-state index in [2.05, 4.69) is 40.1 Å². The molecule has 1 N–H and O–H groups in total. The number of rotatable bonds is 3. The highest BCUT2D eigenvalue weighted by molar-refractivity contribution is 5.49. The van der Waals surface area contributed by atoms with Gasteiger partial charge in [0.25, 0.3) is 0 Å². The molecule has 0 spiro atoms. The highest BCUT2D eigenvalue weighted by Crippen LogP contribution is 2.20. The van der Waals surface area contributed by atoms with Gasteiger partial charge in [-0.3, -0.25) is 0 Å². The van der Waals surface area contributed by atoms with E-state index in [1.54, 1.807) is 0 Å². The van der Waals surface area contributed by atoms with Crippen molar-refractivity contribution < 1.29 is 0 Å². The molecule has 1 aliphatic heterocycles. The van der Waals surface area contributed by atoms with Crippen molar-refractivity contribution in [2.24, 2.45) is 0 Å². The average molecular weight is 248 g/mol. The summed E-state index contributed by atoms with van der Waals surface area (Å²) in [6.07, 6.45) is 5.24. The number of aryl methyl sites for hydroxylation is 1. The van der Waals surface area contributed by atoms with Crippen molar-refractivity contribution in [3.05, 3.63) is 11.9 Å². The molecule has 2 rings (SSSR count). The van der Waals surface area contributed by atoms with Gasteiger partial charge in [-0.25, -0.2) is 9.97 Å². The number of hydrogen-bond acceptors (Lipinski definition) is 4. The van der Waals surface area contributed by atoms with Crippen LogP contribution in [-0.2, 0) is 0 Å². The summed E-state index contributed by atoms with van der Waals surface area (Å²) in [6.45, 7) is 8.47. The molecule has 0 aromatic carbocycles. The van der Waals surface area contributed by atoms with Crippen molar-refractivity contribution in [2.75, 3.05) is 23.3 Å². The first-order valence-corrected chi connectivity index (χ1v) is 7.02. The van der Waals surface area contributed by atoms with E-state index in [0.717, 1.165) is 30.5 Å². The van der Waals surface area contributed by atoms with Crippen LogP contribution in [0.5, 0.6) is 0 Å². The summed E-state index contributed by atoms with van der Waals surface area (Å²) in [5, 5.41) is 3.36. The first-order valence-electron chi connectivity index (χ1n) is 7.02. The zero-order chi connectivity index (χ0) is 13.0. The van der Waals surface area contributed by atoms with E-state index in [1.165, 1.54) is 25.7 Å². The number of aromatic nitrogens is 2. The summed E-state index contributed by atoms with van der Waals surface area (Å²) in [4.78, 5) is 11.4. The van der Waals surface area contributed by atoms with Crippen molar-refractivity contribution >= 4 is 11.6 Å². The predicted octanol–water partition coefficient (Wildman–Crippen LogP) is 2.99. The normalized spacial score (nSPS) is 16.8. The molecule has 2 heterocycles. The Balaban J connectivity index is 2.17.